The number of aliphatic carboxylic acids is 1. The average molecular weight is 543 g/mol. The van der Waals surface area contributed by atoms with E-state index in [0.29, 0.717) is 56.4 Å². The summed E-state index contributed by atoms with van der Waals surface area (Å²) in [6.45, 7) is 4.02. The molecule has 5 aromatic rings. The van der Waals surface area contributed by atoms with Crippen LogP contribution in [0.15, 0.2) is 55.1 Å². The van der Waals surface area contributed by atoms with E-state index < -0.39 is 11.5 Å². The Labute approximate surface area is 230 Å². The van der Waals surface area contributed by atoms with Crippen molar-refractivity contribution in [1.29, 1.82) is 0 Å². The third-order valence-electron chi connectivity index (χ3n) is 7.46. The van der Waals surface area contributed by atoms with E-state index in [9.17, 15) is 9.90 Å². The molecule has 40 heavy (non-hydrogen) atoms. The van der Waals surface area contributed by atoms with Crippen molar-refractivity contribution < 1.29 is 19.4 Å². The van der Waals surface area contributed by atoms with E-state index in [2.05, 4.69) is 30.5 Å². The summed E-state index contributed by atoms with van der Waals surface area (Å²) in [5.74, 6) is 1.20. The molecular weight excluding hydrogens is 512 g/mol. The number of aromatic nitrogens is 6. The lowest BCUT2D eigenvalue weighted by Crippen LogP contribution is -2.58. The molecule has 0 unspecified atom stereocenters. The number of ether oxygens (including phenoxy) is 2. The maximum absolute atomic E-state index is 12.3. The van der Waals surface area contributed by atoms with Crippen LogP contribution in [0.1, 0.15) is 25.3 Å². The monoisotopic (exact) mass is 542 g/mol. The van der Waals surface area contributed by atoms with E-state index in [1.165, 1.54) is 0 Å². The SMILES string of the molecule is CCOc1cc(-c2ccc(N3CCC(NCc4ccc(OC)nc4)(C(=O)O)CC3)nc2)c2c3cn[nH]c3nn2c1. The van der Waals surface area contributed by atoms with Gasteiger partial charge >= 0.3 is 5.97 Å². The topological polar surface area (TPSA) is 143 Å². The number of methoxy groups -OCH3 is 1. The number of H-pyrrole nitrogens is 1. The number of aromatic amines is 1. The molecule has 1 aliphatic heterocycles. The quantitative estimate of drug-likeness (QED) is 0.254. The number of carboxylic acids is 1. The van der Waals surface area contributed by atoms with Crippen molar-refractivity contribution in [3.05, 3.63) is 60.7 Å². The molecule has 1 aliphatic rings. The zero-order valence-electron chi connectivity index (χ0n) is 22.3. The first-order valence-electron chi connectivity index (χ1n) is 13.2. The molecule has 0 amide bonds. The van der Waals surface area contributed by atoms with Crippen LogP contribution >= 0.6 is 0 Å². The highest BCUT2D eigenvalue weighted by molar-refractivity contribution is 6.00. The van der Waals surface area contributed by atoms with Gasteiger partial charge in [0, 0.05) is 49.2 Å². The molecular formula is C28H30N8O4. The van der Waals surface area contributed by atoms with Crippen LogP contribution < -0.4 is 19.7 Å². The van der Waals surface area contributed by atoms with Gasteiger partial charge in [-0.25, -0.2) is 14.5 Å². The van der Waals surface area contributed by atoms with Gasteiger partial charge in [0.25, 0.3) is 0 Å². The fourth-order valence-corrected chi connectivity index (χ4v) is 5.23. The summed E-state index contributed by atoms with van der Waals surface area (Å²) < 4.78 is 12.7. The first-order chi connectivity index (χ1) is 19.5. The number of pyridine rings is 3. The predicted octanol–water partition coefficient (Wildman–Crippen LogP) is 3.29. The minimum Gasteiger partial charge on any atom is -0.492 e. The van der Waals surface area contributed by atoms with E-state index in [-0.39, 0.29) is 0 Å². The van der Waals surface area contributed by atoms with Crippen molar-refractivity contribution >= 4 is 28.3 Å². The van der Waals surface area contributed by atoms with Crippen LogP contribution in [0, 0.1) is 0 Å². The van der Waals surface area contributed by atoms with Gasteiger partial charge in [0.05, 0.1) is 37.0 Å². The van der Waals surface area contributed by atoms with Gasteiger partial charge in [-0.2, -0.15) is 5.10 Å². The Morgan fingerprint density at radius 3 is 2.67 bits per heavy atom. The average Bonchev–Trinajstić information content (AvgIpc) is 3.58. The zero-order valence-corrected chi connectivity index (χ0v) is 22.3. The third kappa shape index (κ3) is 4.66. The van der Waals surface area contributed by atoms with Gasteiger partial charge in [-0.3, -0.25) is 15.2 Å². The number of carboxylic acid groups (broad SMARTS) is 1. The van der Waals surface area contributed by atoms with Crippen LogP contribution in [0.5, 0.6) is 11.6 Å². The second-order valence-corrected chi connectivity index (χ2v) is 9.79. The van der Waals surface area contributed by atoms with Crippen LogP contribution in [0.25, 0.3) is 27.7 Å². The number of nitrogens with one attached hydrogen (secondary N) is 2. The Balaban J connectivity index is 1.19. The van der Waals surface area contributed by atoms with Gasteiger partial charge in [-0.05, 0) is 43.5 Å². The molecule has 5 aromatic heterocycles. The van der Waals surface area contributed by atoms with Crippen molar-refractivity contribution in [2.24, 2.45) is 0 Å². The van der Waals surface area contributed by atoms with Gasteiger partial charge in [0.15, 0.2) is 5.65 Å². The van der Waals surface area contributed by atoms with Crippen molar-refractivity contribution in [2.75, 3.05) is 31.7 Å². The molecule has 6 heterocycles. The fraction of sp³-hybridized carbons (Fsp3) is 0.321. The van der Waals surface area contributed by atoms with E-state index in [4.69, 9.17) is 14.5 Å². The number of rotatable bonds is 9. The lowest BCUT2D eigenvalue weighted by atomic mass is 9.87. The van der Waals surface area contributed by atoms with Crippen molar-refractivity contribution in [3.8, 4) is 22.8 Å². The van der Waals surface area contributed by atoms with Crippen molar-refractivity contribution in [2.45, 2.75) is 31.8 Å². The molecule has 206 valence electrons. The van der Waals surface area contributed by atoms with E-state index in [0.717, 1.165) is 33.4 Å². The maximum Gasteiger partial charge on any atom is 0.324 e. The van der Waals surface area contributed by atoms with Gasteiger partial charge in [0.1, 0.15) is 17.1 Å². The molecule has 12 nitrogen and oxygen atoms in total. The Bertz CT molecular complexity index is 1640. The summed E-state index contributed by atoms with van der Waals surface area (Å²) in [6.07, 6.45) is 8.06. The van der Waals surface area contributed by atoms with Crippen molar-refractivity contribution in [3.63, 3.8) is 0 Å². The van der Waals surface area contributed by atoms with E-state index in [1.54, 1.807) is 25.6 Å². The van der Waals surface area contributed by atoms with E-state index >= 15 is 0 Å². The maximum atomic E-state index is 12.3. The molecule has 0 bridgehead atoms. The number of nitrogens with zero attached hydrogens (tertiary/aromatic N) is 6. The molecule has 0 spiro atoms. The Hall–Kier alpha value is -4.71. The molecule has 0 radical (unpaired) electrons. The summed E-state index contributed by atoms with van der Waals surface area (Å²) in [7, 11) is 1.56. The molecule has 1 saturated heterocycles. The van der Waals surface area contributed by atoms with Gasteiger partial charge in [-0.15, -0.1) is 5.10 Å². The van der Waals surface area contributed by atoms with Crippen LogP contribution in [0.4, 0.5) is 5.82 Å². The number of carbonyl (C=O) groups is 1. The number of hydrogen-bond donors (Lipinski definition) is 3. The highest BCUT2D eigenvalue weighted by Gasteiger charge is 2.41. The number of piperidine rings is 1. The lowest BCUT2D eigenvalue weighted by molar-refractivity contribution is -0.146. The minimum absolute atomic E-state index is 0.407. The van der Waals surface area contributed by atoms with Gasteiger partial charge < -0.3 is 19.5 Å². The molecule has 0 saturated carbocycles. The number of hydrogen-bond acceptors (Lipinski definition) is 9. The number of anilines is 1. The highest BCUT2D eigenvalue weighted by Crippen LogP contribution is 2.34. The van der Waals surface area contributed by atoms with Gasteiger partial charge in [-0.1, -0.05) is 6.07 Å². The van der Waals surface area contributed by atoms with Crippen LogP contribution in [0.2, 0.25) is 0 Å². The molecule has 3 N–H and O–H groups in total. The number of fused-ring (bicyclic) bond motifs is 3. The third-order valence-corrected chi connectivity index (χ3v) is 7.46. The fourth-order valence-electron chi connectivity index (χ4n) is 5.23. The Morgan fingerprint density at radius 2 is 2.00 bits per heavy atom. The Kier molecular flexibility index (Phi) is 6.68. The molecule has 0 atom stereocenters. The van der Waals surface area contributed by atoms with Crippen LogP contribution in [-0.4, -0.2) is 73.2 Å². The minimum atomic E-state index is -1.01. The Morgan fingerprint density at radius 1 is 1.15 bits per heavy atom. The zero-order chi connectivity index (χ0) is 27.7. The molecule has 0 aliphatic carbocycles. The largest absolute Gasteiger partial charge is 0.492 e. The van der Waals surface area contributed by atoms with Crippen LogP contribution in [-0.2, 0) is 11.3 Å². The molecule has 12 heteroatoms. The lowest BCUT2D eigenvalue weighted by Gasteiger charge is -2.40. The second-order valence-electron chi connectivity index (χ2n) is 9.79. The standard InChI is InChI=1S/C28H30N8O4/c1-3-40-20-12-21(25-22-16-32-33-26(22)34-36(25)17-20)19-5-6-23(29-15-19)35-10-8-28(9-11-35,27(37)38)31-14-18-4-7-24(39-2)30-13-18/h4-7,12-13,15-17,31H,3,8-11,14H2,1-2H3,(H,33,34)(H,37,38). The van der Waals surface area contributed by atoms with Gasteiger partial charge in [0.2, 0.25) is 5.88 Å². The summed E-state index contributed by atoms with van der Waals surface area (Å²) in [5.41, 5.74) is 3.37. The molecule has 1 fully saturated rings. The molecule has 0 aromatic carbocycles. The van der Waals surface area contributed by atoms with Crippen molar-refractivity contribution in [1.82, 2.24) is 35.1 Å². The second kappa shape index (κ2) is 10.5. The summed E-state index contributed by atoms with van der Waals surface area (Å²) in [4.78, 5) is 23.4. The summed E-state index contributed by atoms with van der Waals surface area (Å²) in [5, 5.41) is 25.9. The van der Waals surface area contributed by atoms with E-state index in [1.807, 2.05) is 48.1 Å². The molecule has 6 rings (SSSR count). The van der Waals surface area contributed by atoms with Crippen LogP contribution in [0.3, 0.4) is 0 Å². The highest BCUT2D eigenvalue weighted by atomic mass is 16.5. The first-order valence-corrected chi connectivity index (χ1v) is 13.2. The normalized spacial score (nSPS) is 15.0. The smallest absolute Gasteiger partial charge is 0.324 e. The summed E-state index contributed by atoms with van der Waals surface area (Å²) >= 11 is 0. The predicted molar refractivity (Wildman–Crippen MR) is 149 cm³/mol. The summed E-state index contributed by atoms with van der Waals surface area (Å²) in [6, 6.07) is 9.65. The first kappa shape index (κ1) is 25.6.